The van der Waals surface area contributed by atoms with Gasteiger partial charge in [-0.25, -0.2) is 4.57 Å². The molecule has 0 aliphatic rings. The van der Waals surface area contributed by atoms with Crippen LogP contribution in [0.2, 0.25) is 0 Å². The molecular weight excluding hydrogens is 786 g/mol. The van der Waals surface area contributed by atoms with Crippen LogP contribution in [0.5, 0.6) is 0 Å². The van der Waals surface area contributed by atoms with Gasteiger partial charge in [0.15, 0.2) is 6.10 Å². The van der Waals surface area contributed by atoms with Crippen LogP contribution in [0.25, 0.3) is 0 Å². The normalized spacial score (nSPS) is 14.4. The van der Waals surface area contributed by atoms with Crippen molar-refractivity contribution in [3.63, 3.8) is 0 Å². The molecule has 61 heavy (non-hydrogen) atoms. The van der Waals surface area contributed by atoms with E-state index in [2.05, 4.69) is 123 Å². The molecule has 0 amide bonds. The lowest BCUT2D eigenvalue weighted by atomic mass is 10.1. The van der Waals surface area contributed by atoms with Crippen molar-refractivity contribution in [1.82, 2.24) is 0 Å². The lowest BCUT2D eigenvalue weighted by Gasteiger charge is -2.19. The Morgan fingerprint density at radius 3 is 1.33 bits per heavy atom. The Balaban J connectivity index is 4.27. The van der Waals surface area contributed by atoms with Crippen molar-refractivity contribution in [2.45, 2.75) is 161 Å². The third-order valence-electron chi connectivity index (χ3n) is 8.86. The van der Waals surface area contributed by atoms with Gasteiger partial charge in [0.1, 0.15) is 6.61 Å². The average Bonchev–Trinajstić information content (AvgIpc) is 3.25. The molecule has 0 bridgehead atoms. The maximum atomic E-state index is 12.6. The third kappa shape index (κ3) is 45.8. The molecular formula is C51H82NO8P. The highest BCUT2D eigenvalue weighted by Gasteiger charge is 2.25. The van der Waals surface area contributed by atoms with Gasteiger partial charge >= 0.3 is 19.8 Å². The largest absolute Gasteiger partial charge is 0.472 e. The van der Waals surface area contributed by atoms with Gasteiger partial charge in [-0.3, -0.25) is 18.6 Å². The summed E-state index contributed by atoms with van der Waals surface area (Å²) in [4.78, 5) is 34.9. The minimum absolute atomic E-state index is 0.0335. The van der Waals surface area contributed by atoms with E-state index in [9.17, 15) is 19.0 Å². The van der Waals surface area contributed by atoms with Gasteiger partial charge in [-0.15, -0.1) is 0 Å². The second-order valence-electron chi connectivity index (χ2n) is 14.5. The van der Waals surface area contributed by atoms with Crippen LogP contribution >= 0.6 is 7.82 Å². The quantitative estimate of drug-likeness (QED) is 0.0266. The Bertz CT molecular complexity index is 1400. The molecule has 0 fully saturated rings. The van der Waals surface area contributed by atoms with Crippen LogP contribution in [0, 0.1) is 0 Å². The highest BCUT2D eigenvalue weighted by Crippen LogP contribution is 2.43. The lowest BCUT2D eigenvalue weighted by molar-refractivity contribution is -0.161. The molecule has 0 saturated carbocycles. The van der Waals surface area contributed by atoms with E-state index in [4.69, 9.17) is 24.3 Å². The predicted molar refractivity (Wildman–Crippen MR) is 256 cm³/mol. The summed E-state index contributed by atoms with van der Waals surface area (Å²) in [6.07, 6.45) is 62.4. The summed E-state index contributed by atoms with van der Waals surface area (Å²) in [5, 5.41) is 0. The number of carbonyl (C=O) groups excluding carboxylic acids is 2. The SMILES string of the molecule is CC/C=C\C/C=C\C/C=C\C/C=C\C/C=C\C/C=C\CCC(=O)OC(COC(=O)CCCCCCCCCC/C=C\C/C=C\C/C=C\C/C=C\CC)COP(=O)(O)OCCN. The van der Waals surface area contributed by atoms with Crippen molar-refractivity contribution >= 4 is 19.8 Å². The van der Waals surface area contributed by atoms with Gasteiger partial charge in [0, 0.05) is 19.4 Å². The fraction of sp³-hybridized carbons (Fsp3) is 0.569. The Labute approximate surface area is 371 Å². The summed E-state index contributed by atoms with van der Waals surface area (Å²) >= 11 is 0. The van der Waals surface area contributed by atoms with Crippen LogP contribution in [0.4, 0.5) is 0 Å². The number of allylic oxidation sites excluding steroid dienone is 20. The van der Waals surface area contributed by atoms with Crippen LogP contribution < -0.4 is 5.73 Å². The van der Waals surface area contributed by atoms with E-state index < -0.39 is 32.5 Å². The van der Waals surface area contributed by atoms with Gasteiger partial charge in [-0.1, -0.05) is 174 Å². The van der Waals surface area contributed by atoms with E-state index in [1.165, 1.54) is 25.7 Å². The van der Waals surface area contributed by atoms with Gasteiger partial charge in [0.05, 0.1) is 13.2 Å². The Kier molecular flexibility index (Phi) is 43.2. The molecule has 0 rings (SSSR count). The minimum atomic E-state index is -4.41. The molecule has 0 aliphatic heterocycles. The number of ether oxygens (including phenoxy) is 2. The van der Waals surface area contributed by atoms with Crippen molar-refractivity contribution in [2.75, 3.05) is 26.4 Å². The van der Waals surface area contributed by atoms with E-state index >= 15 is 0 Å². The second kappa shape index (κ2) is 45.9. The third-order valence-corrected chi connectivity index (χ3v) is 9.84. The minimum Gasteiger partial charge on any atom is -0.462 e. The number of hydrogen-bond donors (Lipinski definition) is 2. The monoisotopic (exact) mass is 868 g/mol. The zero-order valence-electron chi connectivity index (χ0n) is 37.8. The highest BCUT2D eigenvalue weighted by atomic mass is 31.2. The number of unbranched alkanes of at least 4 members (excludes halogenated alkanes) is 8. The molecule has 0 heterocycles. The molecule has 10 heteroatoms. The molecule has 9 nitrogen and oxygen atoms in total. The molecule has 0 radical (unpaired) electrons. The number of carbonyl (C=O) groups is 2. The number of hydrogen-bond acceptors (Lipinski definition) is 8. The molecule has 0 aliphatic carbocycles. The van der Waals surface area contributed by atoms with E-state index in [1.807, 2.05) is 12.2 Å². The van der Waals surface area contributed by atoms with Crippen LogP contribution in [-0.2, 0) is 32.7 Å². The smallest absolute Gasteiger partial charge is 0.462 e. The van der Waals surface area contributed by atoms with Crippen LogP contribution in [0.1, 0.15) is 155 Å². The van der Waals surface area contributed by atoms with Crippen molar-refractivity contribution in [2.24, 2.45) is 5.73 Å². The number of nitrogens with two attached hydrogens (primary N) is 1. The molecule has 0 aromatic carbocycles. The summed E-state index contributed by atoms with van der Waals surface area (Å²) in [5.74, 6) is -0.948. The Hall–Kier alpha value is -3.59. The Morgan fingerprint density at radius 2 is 0.885 bits per heavy atom. The van der Waals surface area contributed by atoms with Gasteiger partial charge in [0.2, 0.25) is 0 Å². The molecule has 344 valence electrons. The standard InChI is InChI=1S/C51H82NO8P/c1-3-5-7-9-11-13-15-17-19-21-23-24-26-27-29-31-33-35-37-39-41-43-50(53)57-47-49(48-59-61(55,56)58-46-45-52)60-51(54)44-42-40-38-36-34-32-30-28-25-22-20-18-16-14-12-10-8-6-4-2/h5-8,11-14,17-20,23-25,28,32,34,38,40,49H,3-4,9-10,15-16,21-22,26-27,29-31,33,35-37,39,41-48,52H2,1-2H3,(H,55,56)/b7-5-,8-6-,13-11-,14-12-,19-17-,20-18-,24-23-,28-25-,34-32-,40-38-. The maximum absolute atomic E-state index is 12.6. The first-order valence-electron chi connectivity index (χ1n) is 23.0. The van der Waals surface area contributed by atoms with E-state index in [1.54, 1.807) is 0 Å². The van der Waals surface area contributed by atoms with Crippen molar-refractivity contribution in [3.05, 3.63) is 122 Å². The number of phosphoric ester groups is 1. The first kappa shape index (κ1) is 57.4. The first-order valence-corrected chi connectivity index (χ1v) is 24.5. The van der Waals surface area contributed by atoms with E-state index in [-0.39, 0.29) is 32.6 Å². The first-order chi connectivity index (χ1) is 29.8. The zero-order chi connectivity index (χ0) is 44.6. The zero-order valence-corrected chi connectivity index (χ0v) is 38.7. The molecule has 0 aromatic heterocycles. The van der Waals surface area contributed by atoms with Crippen LogP contribution in [0.3, 0.4) is 0 Å². The van der Waals surface area contributed by atoms with Crippen LogP contribution in [-0.4, -0.2) is 49.3 Å². The molecule has 2 unspecified atom stereocenters. The van der Waals surface area contributed by atoms with Crippen molar-refractivity contribution in [3.8, 4) is 0 Å². The highest BCUT2D eigenvalue weighted by molar-refractivity contribution is 7.47. The van der Waals surface area contributed by atoms with Crippen molar-refractivity contribution < 1.29 is 37.6 Å². The van der Waals surface area contributed by atoms with Crippen LogP contribution in [0.15, 0.2) is 122 Å². The molecule has 2 atom stereocenters. The van der Waals surface area contributed by atoms with Crippen molar-refractivity contribution in [1.29, 1.82) is 0 Å². The summed E-state index contributed by atoms with van der Waals surface area (Å²) in [6, 6.07) is 0. The Morgan fingerprint density at radius 1 is 0.492 bits per heavy atom. The topological polar surface area (TPSA) is 134 Å². The fourth-order valence-electron chi connectivity index (χ4n) is 5.53. The predicted octanol–water partition coefficient (Wildman–Crippen LogP) is 13.7. The summed E-state index contributed by atoms with van der Waals surface area (Å²) in [5.41, 5.74) is 5.35. The second-order valence-corrected chi connectivity index (χ2v) is 16.0. The average molecular weight is 868 g/mol. The van der Waals surface area contributed by atoms with Gasteiger partial charge in [0.25, 0.3) is 0 Å². The number of esters is 2. The summed E-state index contributed by atoms with van der Waals surface area (Å²) in [7, 11) is -4.41. The molecule has 3 N–H and O–H groups in total. The van der Waals surface area contributed by atoms with Gasteiger partial charge < -0.3 is 20.1 Å². The van der Waals surface area contributed by atoms with E-state index in [0.717, 1.165) is 89.9 Å². The molecule has 0 spiro atoms. The van der Waals surface area contributed by atoms with Gasteiger partial charge in [-0.2, -0.15) is 0 Å². The summed E-state index contributed by atoms with van der Waals surface area (Å²) < 4.78 is 32.7. The fourth-order valence-corrected chi connectivity index (χ4v) is 6.30. The lowest BCUT2D eigenvalue weighted by Crippen LogP contribution is -2.29. The number of rotatable bonds is 41. The van der Waals surface area contributed by atoms with E-state index in [0.29, 0.717) is 12.8 Å². The molecule has 0 saturated heterocycles. The maximum Gasteiger partial charge on any atom is 0.472 e. The molecule has 0 aromatic rings. The summed E-state index contributed by atoms with van der Waals surface area (Å²) in [6.45, 7) is 3.38. The number of phosphoric acid groups is 1. The van der Waals surface area contributed by atoms with Gasteiger partial charge in [-0.05, 0) is 89.9 Å².